The maximum atomic E-state index is 13.5. The summed E-state index contributed by atoms with van der Waals surface area (Å²) < 4.78 is 26.7. The molecule has 1 saturated carbocycles. The van der Waals surface area contributed by atoms with Crippen LogP contribution in [0.4, 0.5) is 20.2 Å². The van der Waals surface area contributed by atoms with Crippen LogP contribution in [0.5, 0.6) is 0 Å². The molecule has 1 aliphatic carbocycles. The third kappa shape index (κ3) is 1.52. The Morgan fingerprint density at radius 3 is 2.94 bits per heavy atom. The minimum Gasteiger partial charge on any atom is -0.381 e. The third-order valence-electron chi connectivity index (χ3n) is 3.60. The number of fused-ring (bicyclic) bond motifs is 2. The van der Waals surface area contributed by atoms with E-state index in [1.54, 1.807) is 0 Å². The van der Waals surface area contributed by atoms with Crippen LogP contribution in [0, 0.1) is 17.6 Å². The quantitative estimate of drug-likeness (QED) is 0.708. The van der Waals surface area contributed by atoms with Crippen molar-refractivity contribution < 1.29 is 8.78 Å². The molecule has 2 unspecified atom stereocenters. The van der Waals surface area contributed by atoms with Gasteiger partial charge in [-0.2, -0.15) is 0 Å². The Bertz CT molecular complexity index is 420. The third-order valence-corrected chi connectivity index (χ3v) is 3.60. The van der Waals surface area contributed by atoms with E-state index in [9.17, 15) is 8.78 Å². The summed E-state index contributed by atoms with van der Waals surface area (Å²) in [5.41, 5.74) is 0.975. The van der Waals surface area contributed by atoms with Gasteiger partial charge in [0.25, 0.3) is 0 Å². The van der Waals surface area contributed by atoms with E-state index in [1.807, 2.05) is 0 Å². The van der Waals surface area contributed by atoms with Gasteiger partial charge in [0.15, 0.2) is 5.82 Å². The minimum atomic E-state index is -0.526. The van der Waals surface area contributed by atoms with E-state index in [2.05, 4.69) is 10.6 Å². The second kappa shape index (κ2) is 3.61. The number of nitrogens with one attached hydrogen (secondary N) is 2. The molecule has 4 heteroatoms. The van der Waals surface area contributed by atoms with E-state index in [0.29, 0.717) is 23.3 Å². The van der Waals surface area contributed by atoms with E-state index in [0.717, 1.165) is 25.5 Å². The number of benzene rings is 1. The van der Waals surface area contributed by atoms with Crippen molar-refractivity contribution in [1.29, 1.82) is 0 Å². The Balaban J connectivity index is 2.00. The Hall–Kier alpha value is -1.32. The van der Waals surface area contributed by atoms with Crippen molar-refractivity contribution >= 4 is 11.4 Å². The average Bonchev–Trinajstić information content (AvgIpc) is 2.57. The van der Waals surface area contributed by atoms with Gasteiger partial charge in [0.2, 0.25) is 0 Å². The van der Waals surface area contributed by atoms with Crippen molar-refractivity contribution in [2.24, 2.45) is 5.92 Å². The summed E-state index contributed by atoms with van der Waals surface area (Å²) in [6.45, 7) is 0.771. The summed E-state index contributed by atoms with van der Waals surface area (Å²) in [5, 5.41) is 6.35. The molecular weight excluding hydrogens is 210 g/mol. The fraction of sp³-hybridized carbons (Fsp3) is 0.500. The van der Waals surface area contributed by atoms with Crippen LogP contribution in [0.1, 0.15) is 19.3 Å². The molecule has 1 aliphatic heterocycles. The van der Waals surface area contributed by atoms with Crippen LogP contribution < -0.4 is 10.6 Å². The van der Waals surface area contributed by atoms with Crippen molar-refractivity contribution in [2.45, 2.75) is 25.3 Å². The molecular formula is C12H14F2N2. The topological polar surface area (TPSA) is 24.1 Å². The Kier molecular flexibility index (Phi) is 2.23. The van der Waals surface area contributed by atoms with Gasteiger partial charge in [-0.1, -0.05) is 6.42 Å². The molecule has 1 fully saturated rings. The molecule has 2 nitrogen and oxygen atoms in total. The van der Waals surface area contributed by atoms with Crippen molar-refractivity contribution in [3.63, 3.8) is 0 Å². The summed E-state index contributed by atoms with van der Waals surface area (Å²) in [7, 11) is 0. The predicted molar refractivity (Wildman–Crippen MR) is 59.6 cm³/mol. The zero-order chi connectivity index (χ0) is 11.1. The first kappa shape index (κ1) is 9.87. The van der Waals surface area contributed by atoms with Crippen LogP contribution in [0.3, 0.4) is 0 Å². The molecule has 2 N–H and O–H groups in total. The number of hydrogen-bond donors (Lipinski definition) is 2. The standard InChI is InChI=1S/C12H14F2N2/c13-8-4-9(14)12-11(5-8)16-10-3-1-2-7(10)6-15-12/h4-5,7,10,15-16H,1-3,6H2. The van der Waals surface area contributed by atoms with E-state index >= 15 is 0 Å². The Labute approximate surface area is 93.0 Å². The van der Waals surface area contributed by atoms with Crippen LogP contribution in [0.25, 0.3) is 0 Å². The first-order valence-electron chi connectivity index (χ1n) is 5.73. The van der Waals surface area contributed by atoms with Gasteiger partial charge < -0.3 is 10.6 Å². The number of rotatable bonds is 0. The van der Waals surface area contributed by atoms with Gasteiger partial charge in [-0.05, 0) is 24.8 Å². The molecule has 1 aromatic carbocycles. The summed E-state index contributed by atoms with van der Waals surface area (Å²) in [6, 6.07) is 2.65. The zero-order valence-electron chi connectivity index (χ0n) is 8.89. The van der Waals surface area contributed by atoms with E-state index in [-0.39, 0.29) is 0 Å². The van der Waals surface area contributed by atoms with Crippen molar-refractivity contribution in [3.8, 4) is 0 Å². The van der Waals surface area contributed by atoms with Crippen LogP contribution in [0.15, 0.2) is 12.1 Å². The van der Waals surface area contributed by atoms with Gasteiger partial charge in [-0.15, -0.1) is 0 Å². The molecule has 0 amide bonds. The van der Waals surface area contributed by atoms with Crippen molar-refractivity contribution in [1.82, 2.24) is 0 Å². The Morgan fingerprint density at radius 1 is 1.19 bits per heavy atom. The van der Waals surface area contributed by atoms with E-state index < -0.39 is 11.6 Å². The second-order valence-corrected chi connectivity index (χ2v) is 4.63. The first-order valence-corrected chi connectivity index (χ1v) is 5.73. The highest BCUT2D eigenvalue weighted by Crippen LogP contribution is 2.36. The highest BCUT2D eigenvalue weighted by atomic mass is 19.1. The zero-order valence-corrected chi connectivity index (χ0v) is 8.89. The lowest BCUT2D eigenvalue weighted by atomic mass is 10.0. The SMILES string of the molecule is Fc1cc(F)c2c(c1)NC1CCCC1CN2. The van der Waals surface area contributed by atoms with Gasteiger partial charge in [0.1, 0.15) is 5.82 Å². The molecule has 1 heterocycles. The minimum absolute atomic E-state index is 0.356. The van der Waals surface area contributed by atoms with Crippen LogP contribution in [0.2, 0.25) is 0 Å². The maximum Gasteiger partial charge on any atom is 0.151 e. The number of halogens is 2. The van der Waals surface area contributed by atoms with Crippen LogP contribution in [-0.2, 0) is 0 Å². The van der Waals surface area contributed by atoms with Crippen LogP contribution >= 0.6 is 0 Å². The summed E-state index contributed by atoms with van der Waals surface area (Å²) in [6.07, 6.45) is 3.43. The molecule has 0 aromatic heterocycles. The molecule has 1 aromatic rings. The molecule has 3 rings (SSSR count). The normalized spacial score (nSPS) is 27.4. The van der Waals surface area contributed by atoms with Gasteiger partial charge in [0.05, 0.1) is 11.4 Å². The van der Waals surface area contributed by atoms with E-state index in [1.165, 1.54) is 12.5 Å². The summed E-state index contributed by atoms with van der Waals surface area (Å²) in [4.78, 5) is 0. The van der Waals surface area contributed by atoms with Crippen molar-refractivity contribution in [3.05, 3.63) is 23.8 Å². The molecule has 16 heavy (non-hydrogen) atoms. The lowest BCUT2D eigenvalue weighted by Crippen LogP contribution is -2.25. The smallest absolute Gasteiger partial charge is 0.151 e. The molecule has 0 radical (unpaired) electrons. The molecule has 2 atom stereocenters. The number of hydrogen-bond acceptors (Lipinski definition) is 2. The number of anilines is 2. The fourth-order valence-corrected chi connectivity index (χ4v) is 2.77. The molecule has 0 spiro atoms. The second-order valence-electron chi connectivity index (χ2n) is 4.63. The lowest BCUT2D eigenvalue weighted by Gasteiger charge is -2.17. The summed E-state index contributed by atoms with van der Waals surface area (Å²) in [5.74, 6) is -0.515. The average molecular weight is 224 g/mol. The molecule has 86 valence electrons. The van der Waals surface area contributed by atoms with Gasteiger partial charge in [0, 0.05) is 18.7 Å². The molecule has 0 bridgehead atoms. The summed E-state index contributed by atoms with van der Waals surface area (Å²) >= 11 is 0. The largest absolute Gasteiger partial charge is 0.381 e. The predicted octanol–water partition coefficient (Wildman–Crippen LogP) is 2.97. The maximum absolute atomic E-state index is 13.5. The van der Waals surface area contributed by atoms with Gasteiger partial charge in [-0.3, -0.25) is 0 Å². The Morgan fingerprint density at radius 2 is 2.06 bits per heavy atom. The van der Waals surface area contributed by atoms with Gasteiger partial charge >= 0.3 is 0 Å². The molecule has 2 aliphatic rings. The fourth-order valence-electron chi connectivity index (χ4n) is 2.77. The van der Waals surface area contributed by atoms with Crippen molar-refractivity contribution in [2.75, 3.05) is 17.2 Å². The molecule has 0 saturated heterocycles. The van der Waals surface area contributed by atoms with E-state index in [4.69, 9.17) is 0 Å². The highest BCUT2D eigenvalue weighted by molar-refractivity contribution is 5.71. The first-order chi connectivity index (χ1) is 7.74. The highest BCUT2D eigenvalue weighted by Gasteiger charge is 2.30. The van der Waals surface area contributed by atoms with Gasteiger partial charge in [-0.25, -0.2) is 8.78 Å². The lowest BCUT2D eigenvalue weighted by molar-refractivity contribution is 0.536. The monoisotopic (exact) mass is 224 g/mol. The van der Waals surface area contributed by atoms with Crippen LogP contribution in [-0.4, -0.2) is 12.6 Å².